The summed E-state index contributed by atoms with van der Waals surface area (Å²) in [6, 6.07) is 11.4. The van der Waals surface area contributed by atoms with E-state index in [1.165, 1.54) is 6.92 Å². The summed E-state index contributed by atoms with van der Waals surface area (Å²) in [5.74, 6) is 1.96. The van der Waals surface area contributed by atoms with Crippen LogP contribution in [0.1, 0.15) is 76.4 Å². The van der Waals surface area contributed by atoms with E-state index >= 15 is 0 Å². The summed E-state index contributed by atoms with van der Waals surface area (Å²) in [6.45, 7) is 9.57. The maximum atomic E-state index is 14.0. The van der Waals surface area contributed by atoms with Gasteiger partial charge in [0.2, 0.25) is 23.0 Å². The first kappa shape index (κ1) is 34.3. The number of amides is 2. The van der Waals surface area contributed by atoms with Crippen molar-refractivity contribution in [1.82, 2.24) is 15.3 Å². The van der Waals surface area contributed by atoms with Crippen molar-refractivity contribution in [1.29, 1.82) is 0 Å². The fourth-order valence-corrected chi connectivity index (χ4v) is 6.30. The quantitative estimate of drug-likeness (QED) is 0.147. The number of carbonyl (C=O) groups excluding carboxylic acids is 2. The van der Waals surface area contributed by atoms with Gasteiger partial charge in [-0.3, -0.25) is 14.4 Å². The van der Waals surface area contributed by atoms with Crippen LogP contribution in [0, 0.1) is 5.92 Å². The number of benzene rings is 2. The molecule has 0 fully saturated rings. The average molecular weight is 656 g/mol. The second-order valence-corrected chi connectivity index (χ2v) is 12.6. The Morgan fingerprint density at radius 1 is 1.00 bits per heavy atom. The number of hydrogen-bond acceptors (Lipinski definition) is 8. The molecule has 0 saturated carbocycles. The first-order chi connectivity index (χ1) is 23.0. The number of imidazole rings is 1. The standard InChI is InChI=1S/C37H45N5O6/c1-9-20(4)33(37(45)39-23-11-14-27-29(17-23)42-36(41-27)19(2)3)40-28-15-12-24-25(18-30(28)44)26(38-21(5)43)13-10-22-16-31(46-6)34(47-7)35(48-8)32(22)24/h11-12,14-20,26,33H,9-10,13H2,1-8H3,(H,38,43)(H,39,45)(H,40,44)(H,41,42). The van der Waals surface area contributed by atoms with Gasteiger partial charge in [0, 0.05) is 24.1 Å². The van der Waals surface area contributed by atoms with Crippen molar-refractivity contribution in [2.45, 2.75) is 71.9 Å². The highest BCUT2D eigenvalue weighted by Gasteiger charge is 2.30. The normalized spacial score (nSPS) is 15.1. The predicted molar refractivity (Wildman–Crippen MR) is 188 cm³/mol. The van der Waals surface area contributed by atoms with E-state index in [2.05, 4.69) is 39.8 Å². The number of aryl methyl sites for hydroxylation is 1. The van der Waals surface area contributed by atoms with Crippen LogP contribution in [0.25, 0.3) is 22.2 Å². The molecule has 1 heterocycles. The SMILES string of the molecule is CCC(C)C(Nc1ccc2c(cc1=O)C(NC(C)=O)CCc1cc(OC)c(OC)c(OC)c1-2)C(=O)Nc1ccc2nc(C(C)C)[nH]c2c1. The minimum Gasteiger partial charge on any atom is -0.493 e. The van der Waals surface area contributed by atoms with Crippen LogP contribution in [0.2, 0.25) is 0 Å². The molecule has 0 radical (unpaired) electrons. The van der Waals surface area contributed by atoms with Gasteiger partial charge >= 0.3 is 0 Å². The van der Waals surface area contributed by atoms with E-state index in [9.17, 15) is 14.4 Å². The molecule has 0 spiro atoms. The van der Waals surface area contributed by atoms with Crippen molar-refractivity contribution in [3.63, 3.8) is 0 Å². The third-order valence-electron chi connectivity index (χ3n) is 9.04. The summed E-state index contributed by atoms with van der Waals surface area (Å²) >= 11 is 0. The van der Waals surface area contributed by atoms with Gasteiger partial charge in [0.15, 0.2) is 11.5 Å². The Kier molecular flexibility index (Phi) is 10.3. The minimum absolute atomic E-state index is 0.110. The molecule has 0 aliphatic heterocycles. The molecule has 1 aliphatic carbocycles. The van der Waals surface area contributed by atoms with E-state index in [-0.39, 0.29) is 34.8 Å². The van der Waals surface area contributed by atoms with E-state index in [0.29, 0.717) is 53.3 Å². The Labute approximate surface area is 280 Å². The largest absolute Gasteiger partial charge is 0.493 e. The highest BCUT2D eigenvalue weighted by Crippen LogP contribution is 2.50. The van der Waals surface area contributed by atoms with Gasteiger partial charge in [-0.05, 0) is 71.8 Å². The molecule has 0 bridgehead atoms. The first-order valence-electron chi connectivity index (χ1n) is 16.3. The van der Waals surface area contributed by atoms with Crippen molar-refractivity contribution >= 4 is 34.2 Å². The summed E-state index contributed by atoms with van der Waals surface area (Å²) in [6.07, 6.45) is 1.83. The number of rotatable bonds is 11. The van der Waals surface area contributed by atoms with Crippen LogP contribution in [0.3, 0.4) is 0 Å². The number of H-pyrrole nitrogens is 1. The lowest BCUT2D eigenvalue weighted by atomic mass is 9.95. The maximum absolute atomic E-state index is 14.0. The second-order valence-electron chi connectivity index (χ2n) is 12.6. The molecule has 3 unspecified atom stereocenters. The van der Waals surface area contributed by atoms with E-state index in [1.54, 1.807) is 33.5 Å². The smallest absolute Gasteiger partial charge is 0.247 e. The Hall–Kier alpha value is -5.06. The van der Waals surface area contributed by atoms with Crippen LogP contribution in [-0.2, 0) is 16.0 Å². The monoisotopic (exact) mass is 655 g/mol. The van der Waals surface area contributed by atoms with Gasteiger partial charge in [-0.2, -0.15) is 0 Å². The molecule has 11 heteroatoms. The number of aromatic nitrogens is 2. The molecule has 2 amide bonds. The molecule has 1 aliphatic rings. The van der Waals surface area contributed by atoms with Crippen molar-refractivity contribution in [2.24, 2.45) is 5.92 Å². The molecule has 5 rings (SSSR count). The Balaban J connectivity index is 1.57. The van der Waals surface area contributed by atoms with Crippen LogP contribution >= 0.6 is 0 Å². The third-order valence-corrected chi connectivity index (χ3v) is 9.04. The molecule has 254 valence electrons. The zero-order valence-corrected chi connectivity index (χ0v) is 28.9. The van der Waals surface area contributed by atoms with E-state index in [1.807, 2.05) is 44.2 Å². The lowest BCUT2D eigenvalue weighted by Crippen LogP contribution is -2.40. The molecule has 4 aromatic rings. The van der Waals surface area contributed by atoms with E-state index in [4.69, 9.17) is 14.2 Å². The number of methoxy groups -OCH3 is 3. The van der Waals surface area contributed by atoms with Crippen molar-refractivity contribution in [3.8, 4) is 28.4 Å². The number of nitrogens with zero attached hydrogens (tertiary/aromatic N) is 1. The van der Waals surface area contributed by atoms with Crippen molar-refractivity contribution in [3.05, 3.63) is 69.6 Å². The summed E-state index contributed by atoms with van der Waals surface area (Å²) in [5, 5.41) is 9.34. The minimum atomic E-state index is -0.717. The first-order valence-corrected chi connectivity index (χ1v) is 16.3. The number of fused-ring (bicyclic) bond motifs is 4. The topological polar surface area (TPSA) is 144 Å². The zero-order valence-electron chi connectivity index (χ0n) is 28.9. The molecule has 4 N–H and O–H groups in total. The third kappa shape index (κ3) is 6.81. The van der Waals surface area contributed by atoms with Gasteiger partial charge < -0.3 is 35.1 Å². The molecule has 3 atom stereocenters. The highest BCUT2D eigenvalue weighted by atomic mass is 16.5. The number of ether oxygens (including phenoxy) is 3. The molecular weight excluding hydrogens is 610 g/mol. The summed E-state index contributed by atoms with van der Waals surface area (Å²) < 4.78 is 17.2. The molecule has 11 nitrogen and oxygen atoms in total. The second kappa shape index (κ2) is 14.4. The lowest BCUT2D eigenvalue weighted by molar-refractivity contribution is -0.120. The number of anilines is 2. The summed E-state index contributed by atoms with van der Waals surface area (Å²) in [5.41, 5.74) is 5.28. The van der Waals surface area contributed by atoms with Crippen LogP contribution < -0.4 is 35.6 Å². The molecular formula is C37H45N5O6. The number of aromatic amines is 1. The van der Waals surface area contributed by atoms with Gasteiger partial charge in [-0.1, -0.05) is 40.2 Å². The van der Waals surface area contributed by atoms with Gasteiger partial charge in [0.25, 0.3) is 0 Å². The van der Waals surface area contributed by atoms with E-state index in [0.717, 1.165) is 28.0 Å². The Bertz CT molecular complexity index is 1900. The Morgan fingerprint density at radius 3 is 2.40 bits per heavy atom. The summed E-state index contributed by atoms with van der Waals surface area (Å²) in [7, 11) is 4.67. The fourth-order valence-electron chi connectivity index (χ4n) is 6.30. The fraction of sp³-hybridized carbons (Fsp3) is 0.405. The van der Waals surface area contributed by atoms with Gasteiger partial charge in [-0.25, -0.2) is 4.98 Å². The van der Waals surface area contributed by atoms with Gasteiger partial charge in [0.05, 0.1) is 44.1 Å². The van der Waals surface area contributed by atoms with Crippen molar-refractivity contribution < 1.29 is 23.8 Å². The molecule has 48 heavy (non-hydrogen) atoms. The highest BCUT2D eigenvalue weighted by molar-refractivity contribution is 5.98. The maximum Gasteiger partial charge on any atom is 0.247 e. The number of hydrogen-bond donors (Lipinski definition) is 4. The number of carbonyl (C=O) groups is 2. The zero-order chi connectivity index (χ0) is 34.7. The van der Waals surface area contributed by atoms with Gasteiger partial charge in [0.1, 0.15) is 11.9 Å². The van der Waals surface area contributed by atoms with Crippen LogP contribution in [0.5, 0.6) is 17.2 Å². The number of nitrogens with one attached hydrogen (secondary N) is 4. The van der Waals surface area contributed by atoms with Crippen LogP contribution in [-0.4, -0.2) is 49.2 Å². The molecule has 3 aromatic carbocycles. The average Bonchev–Trinajstić information content (AvgIpc) is 3.36. The predicted octanol–water partition coefficient (Wildman–Crippen LogP) is 6.33. The lowest BCUT2D eigenvalue weighted by Gasteiger charge is -2.24. The van der Waals surface area contributed by atoms with Gasteiger partial charge in [-0.15, -0.1) is 0 Å². The molecule has 1 aromatic heterocycles. The van der Waals surface area contributed by atoms with Crippen LogP contribution in [0.4, 0.5) is 11.4 Å². The van der Waals surface area contributed by atoms with Crippen LogP contribution in [0.15, 0.2) is 47.3 Å². The Morgan fingerprint density at radius 2 is 1.75 bits per heavy atom. The van der Waals surface area contributed by atoms with E-state index < -0.39 is 12.1 Å². The van der Waals surface area contributed by atoms with Crippen molar-refractivity contribution in [2.75, 3.05) is 32.0 Å². The molecule has 0 saturated heterocycles. The summed E-state index contributed by atoms with van der Waals surface area (Å²) in [4.78, 5) is 48.1.